The average Bonchev–Trinajstić information content (AvgIpc) is 3.51. The molecule has 0 saturated carbocycles. The number of thiophene rings is 1. The lowest BCUT2D eigenvalue weighted by Crippen LogP contribution is -2.52. The van der Waals surface area contributed by atoms with Crippen LogP contribution >= 0.6 is 24.2 Å². The summed E-state index contributed by atoms with van der Waals surface area (Å²) < 4.78 is 23.2. The second-order valence-electron chi connectivity index (χ2n) is 8.63. The van der Waals surface area contributed by atoms with Crippen LogP contribution < -0.4 is 14.4 Å². The number of nitrogens with zero attached hydrogens (tertiary/aromatic N) is 4. The van der Waals surface area contributed by atoms with Gasteiger partial charge in [-0.25, -0.2) is 14.2 Å². The van der Waals surface area contributed by atoms with Crippen molar-refractivity contribution in [3.63, 3.8) is 0 Å². The molecule has 2 amide bonds. The number of aryl methyl sites for hydroxylation is 1. The quantitative estimate of drug-likeness (QED) is 0.205. The Morgan fingerprint density at radius 1 is 1.08 bits per heavy atom. The van der Waals surface area contributed by atoms with Crippen LogP contribution in [0, 0.1) is 5.82 Å². The van der Waals surface area contributed by atoms with Crippen molar-refractivity contribution in [2.75, 3.05) is 0 Å². The maximum absolute atomic E-state index is 15.5. The summed E-state index contributed by atoms with van der Waals surface area (Å²) in [7, 11) is 1.90. The Balaban J connectivity index is 1.52. The SMILES string of the molecule is CC(=O)[N+](S)(c1ccc(Oc2ccnc3cc(-c4nccn4C)sc23)c(F)c1)C(C(N)=O)c1ccccc1. The van der Waals surface area contributed by atoms with E-state index >= 15 is 4.39 Å². The number of amides is 2. The number of hydrogen-bond acceptors (Lipinski definition) is 7. The van der Waals surface area contributed by atoms with Gasteiger partial charge in [-0.3, -0.25) is 9.78 Å². The summed E-state index contributed by atoms with van der Waals surface area (Å²) in [5.74, 6) is -0.879. The van der Waals surface area contributed by atoms with E-state index in [0.717, 1.165) is 21.5 Å². The van der Waals surface area contributed by atoms with Crippen LogP contribution in [0.3, 0.4) is 0 Å². The normalized spacial score (nSPS) is 13.7. The molecule has 192 valence electrons. The largest absolute Gasteiger partial charge is 0.453 e. The van der Waals surface area contributed by atoms with Crippen LogP contribution in [0.2, 0.25) is 0 Å². The van der Waals surface area contributed by atoms with E-state index < -0.39 is 27.6 Å². The minimum Gasteiger partial charge on any atom is -0.453 e. The molecule has 0 fully saturated rings. The molecule has 38 heavy (non-hydrogen) atoms. The maximum Gasteiger partial charge on any atom is 0.327 e. The number of nitrogens with two attached hydrogens (primary N) is 1. The standard InChI is InChI=1S/C27H22FN5O3S2/c1-16(34)33(37,24(26(29)35)17-6-4-3-5-7-17)18-8-9-21(19(28)14-18)36-22-10-11-30-20-15-23(38-25(20)22)27-31-12-13-32(27)2/h3-15,24,37H,1-2H3,(H-,29,35)/p+1. The van der Waals surface area contributed by atoms with Gasteiger partial charge in [-0.2, -0.15) is 3.89 Å². The topological polar surface area (TPSA) is 100 Å². The van der Waals surface area contributed by atoms with Gasteiger partial charge in [0.25, 0.3) is 5.91 Å². The number of rotatable bonds is 7. The number of aromatic nitrogens is 3. The number of fused-ring (bicyclic) bond motifs is 1. The van der Waals surface area contributed by atoms with Crippen LogP contribution in [-0.2, 0) is 16.6 Å². The molecule has 8 nitrogen and oxygen atoms in total. The fourth-order valence-corrected chi connectivity index (χ4v) is 5.80. The second kappa shape index (κ2) is 10.0. The van der Waals surface area contributed by atoms with Crippen LogP contribution in [0.1, 0.15) is 18.5 Å². The number of carbonyl (C=O) groups is 2. The molecule has 5 aromatic rings. The monoisotopic (exact) mass is 548 g/mol. The van der Waals surface area contributed by atoms with Crippen molar-refractivity contribution in [2.45, 2.75) is 13.0 Å². The van der Waals surface area contributed by atoms with Crippen molar-refractivity contribution in [1.29, 1.82) is 0 Å². The smallest absolute Gasteiger partial charge is 0.327 e. The molecule has 2 unspecified atom stereocenters. The number of pyridine rings is 1. The molecule has 3 aromatic heterocycles. The van der Waals surface area contributed by atoms with Crippen molar-refractivity contribution >= 4 is 51.9 Å². The van der Waals surface area contributed by atoms with Crippen LogP contribution in [-0.4, -0.2) is 26.3 Å². The van der Waals surface area contributed by atoms with E-state index in [2.05, 4.69) is 22.8 Å². The fraction of sp³-hybridized carbons (Fsp3) is 0.111. The lowest BCUT2D eigenvalue weighted by molar-refractivity contribution is -0.131. The van der Waals surface area contributed by atoms with Crippen LogP contribution in [0.15, 0.2) is 79.3 Å². The molecule has 2 aromatic carbocycles. The zero-order valence-corrected chi connectivity index (χ0v) is 22.1. The van der Waals surface area contributed by atoms with Crippen LogP contribution in [0.4, 0.5) is 10.1 Å². The molecule has 5 rings (SSSR count). The van der Waals surface area contributed by atoms with Gasteiger partial charge in [0.15, 0.2) is 17.3 Å². The van der Waals surface area contributed by atoms with Gasteiger partial charge in [-0.1, -0.05) is 30.3 Å². The molecular weight excluding hydrogens is 525 g/mol. The van der Waals surface area contributed by atoms with Crippen molar-refractivity contribution in [2.24, 2.45) is 12.8 Å². The van der Waals surface area contributed by atoms with Gasteiger partial charge in [0.2, 0.25) is 6.04 Å². The van der Waals surface area contributed by atoms with E-state index in [1.165, 1.54) is 30.4 Å². The molecule has 0 bridgehead atoms. The number of imidazole rings is 1. The predicted octanol–water partition coefficient (Wildman–Crippen LogP) is 5.55. The van der Waals surface area contributed by atoms with E-state index in [-0.39, 0.29) is 11.4 Å². The summed E-state index contributed by atoms with van der Waals surface area (Å²) in [5, 5.41) is 0. The molecule has 0 aliphatic rings. The van der Waals surface area contributed by atoms with E-state index in [0.29, 0.717) is 16.8 Å². The first-order chi connectivity index (χ1) is 18.2. The summed E-state index contributed by atoms with van der Waals surface area (Å²) in [6.07, 6.45) is 5.15. The minimum absolute atomic E-state index is 0.0630. The van der Waals surface area contributed by atoms with Gasteiger partial charge >= 0.3 is 5.91 Å². The van der Waals surface area contributed by atoms with Gasteiger partial charge in [-0.05, 0) is 12.1 Å². The Kier molecular flexibility index (Phi) is 6.74. The Labute approximate surface area is 227 Å². The second-order valence-corrected chi connectivity index (χ2v) is 10.3. The van der Waals surface area contributed by atoms with Crippen LogP contribution in [0.25, 0.3) is 20.9 Å². The first kappa shape index (κ1) is 25.6. The van der Waals surface area contributed by atoms with Crippen molar-refractivity contribution in [3.8, 4) is 22.2 Å². The number of ether oxygens (including phenoxy) is 1. The van der Waals surface area contributed by atoms with Gasteiger partial charge < -0.3 is 15.0 Å². The highest BCUT2D eigenvalue weighted by Crippen LogP contribution is 2.42. The van der Waals surface area contributed by atoms with E-state index in [9.17, 15) is 9.59 Å². The zero-order chi connectivity index (χ0) is 27.0. The summed E-state index contributed by atoms with van der Waals surface area (Å²) in [4.78, 5) is 35.1. The lowest BCUT2D eigenvalue weighted by Gasteiger charge is -2.34. The Bertz CT molecular complexity index is 1670. The highest BCUT2D eigenvalue weighted by Gasteiger charge is 2.47. The van der Waals surface area contributed by atoms with Crippen LogP contribution in [0.5, 0.6) is 11.5 Å². The first-order valence-electron chi connectivity index (χ1n) is 11.5. The highest BCUT2D eigenvalue weighted by atomic mass is 32.1. The number of quaternary nitrogens is 1. The van der Waals surface area contributed by atoms with Crippen molar-refractivity contribution in [3.05, 3.63) is 90.6 Å². The third-order valence-corrected chi connectivity index (χ3v) is 8.06. The average molecular weight is 549 g/mol. The van der Waals surface area contributed by atoms with Gasteiger partial charge in [0.05, 0.1) is 34.8 Å². The number of primary amides is 1. The molecule has 0 aliphatic heterocycles. The number of carbonyl (C=O) groups excluding carboxylic acids is 2. The van der Waals surface area contributed by atoms with E-state index in [1.54, 1.807) is 48.8 Å². The minimum atomic E-state index is -1.18. The first-order valence-corrected chi connectivity index (χ1v) is 12.7. The molecule has 2 atom stereocenters. The third-order valence-electron chi connectivity index (χ3n) is 6.18. The molecule has 3 heterocycles. The summed E-state index contributed by atoms with van der Waals surface area (Å²) in [6.45, 7) is 1.28. The van der Waals surface area contributed by atoms with Gasteiger partial charge in [0.1, 0.15) is 11.6 Å². The van der Waals surface area contributed by atoms with E-state index in [4.69, 9.17) is 10.5 Å². The molecule has 0 saturated heterocycles. The Morgan fingerprint density at radius 2 is 1.84 bits per heavy atom. The number of thiol groups is 1. The van der Waals surface area contributed by atoms with Gasteiger partial charge in [-0.15, -0.1) is 11.3 Å². The molecule has 11 heteroatoms. The molecule has 2 N–H and O–H groups in total. The predicted molar refractivity (Wildman–Crippen MR) is 148 cm³/mol. The van der Waals surface area contributed by atoms with Crippen molar-refractivity contribution < 1.29 is 18.7 Å². The number of benzene rings is 2. The zero-order valence-electron chi connectivity index (χ0n) is 20.4. The maximum atomic E-state index is 15.5. The van der Waals surface area contributed by atoms with Crippen molar-refractivity contribution in [1.82, 2.24) is 18.4 Å². The summed E-state index contributed by atoms with van der Waals surface area (Å²) >= 11 is 6.02. The molecule has 0 radical (unpaired) electrons. The third kappa shape index (κ3) is 4.44. The summed E-state index contributed by atoms with van der Waals surface area (Å²) in [5.41, 5.74) is 7.02. The van der Waals surface area contributed by atoms with E-state index in [1.807, 2.05) is 23.9 Å². The Hall–Kier alpha value is -4.06. The lowest BCUT2D eigenvalue weighted by atomic mass is 10.0. The summed E-state index contributed by atoms with van der Waals surface area (Å²) in [6, 6.07) is 15.0. The molecule has 0 spiro atoms. The fourth-order valence-electron chi connectivity index (χ4n) is 4.32. The Morgan fingerprint density at radius 3 is 2.47 bits per heavy atom. The number of halogens is 1. The van der Waals surface area contributed by atoms with Gasteiger partial charge in [0, 0.05) is 49.4 Å². The molecular formula is C27H23FN5O3S2+. The highest BCUT2D eigenvalue weighted by molar-refractivity contribution is 7.80. The molecule has 0 aliphatic carbocycles. The number of hydrogen-bond donors (Lipinski definition) is 2.